The van der Waals surface area contributed by atoms with Crippen LogP contribution in [0.1, 0.15) is 77.2 Å². The van der Waals surface area contributed by atoms with Crippen molar-refractivity contribution in [1.29, 1.82) is 0 Å². The Balaban J connectivity index is 1.31. The van der Waals surface area contributed by atoms with Gasteiger partial charge in [0.2, 0.25) is 0 Å². The highest BCUT2D eigenvalue weighted by Crippen LogP contribution is 2.48. The highest BCUT2D eigenvalue weighted by Gasteiger charge is 2.46. The van der Waals surface area contributed by atoms with Crippen LogP contribution in [0.2, 0.25) is 5.15 Å². The molecular weight excluding hydrogens is 406 g/mol. The molecule has 4 fully saturated rings. The van der Waals surface area contributed by atoms with Crippen LogP contribution in [0.25, 0.3) is 11.0 Å². The zero-order valence-electron chi connectivity index (χ0n) is 18.5. The smallest absolute Gasteiger partial charge is 0.288 e. The van der Waals surface area contributed by atoms with Crippen molar-refractivity contribution in [3.05, 3.63) is 39.8 Å². The zero-order chi connectivity index (χ0) is 21.1. The van der Waals surface area contributed by atoms with Gasteiger partial charge in [0.05, 0.1) is 11.0 Å². The van der Waals surface area contributed by atoms with Gasteiger partial charge < -0.3 is 4.57 Å². The summed E-state index contributed by atoms with van der Waals surface area (Å²) in [5.74, 6) is 2.81. The summed E-state index contributed by atoms with van der Waals surface area (Å²) in [6, 6.07) is 10.2. The molecule has 2 saturated carbocycles. The molecule has 31 heavy (non-hydrogen) atoms. The third-order valence-electron chi connectivity index (χ3n) is 8.90. The number of piperidine rings is 2. The lowest BCUT2D eigenvalue weighted by atomic mass is 9.65. The molecule has 1 aromatic carbocycles. The Hall–Kier alpha value is -1.39. The average Bonchev–Trinajstić information content (AvgIpc) is 2.73. The van der Waals surface area contributed by atoms with Crippen molar-refractivity contribution in [3.8, 4) is 0 Å². The first kappa shape index (κ1) is 20.2. The van der Waals surface area contributed by atoms with E-state index < -0.39 is 0 Å². The Morgan fingerprint density at radius 2 is 1.55 bits per heavy atom. The van der Waals surface area contributed by atoms with E-state index in [9.17, 15) is 4.79 Å². The van der Waals surface area contributed by atoms with Crippen LogP contribution in [0, 0.1) is 17.8 Å². The van der Waals surface area contributed by atoms with Crippen molar-refractivity contribution >= 4 is 22.6 Å². The molecule has 2 aliphatic carbocycles. The molecule has 5 heteroatoms. The number of aromatic nitrogens is 2. The van der Waals surface area contributed by atoms with Crippen molar-refractivity contribution in [1.82, 2.24) is 14.5 Å². The second-order valence-electron chi connectivity index (χ2n) is 11.0. The van der Waals surface area contributed by atoms with E-state index in [1.165, 1.54) is 51.4 Å². The molecule has 4 nitrogen and oxygen atoms in total. The molecule has 166 valence electrons. The van der Waals surface area contributed by atoms with Crippen molar-refractivity contribution in [3.63, 3.8) is 0 Å². The predicted molar refractivity (Wildman–Crippen MR) is 126 cm³/mol. The van der Waals surface area contributed by atoms with E-state index in [0.717, 1.165) is 47.7 Å². The summed E-state index contributed by atoms with van der Waals surface area (Å²) in [5.41, 5.74) is 1.65. The molecule has 2 aromatic rings. The standard InChI is InChI=1S/C26H34ClN3O/c1-16-9-17-11-18(10-16)13-21(12-17)29-19-5-4-6-20(29)15-22(14-19)30-24-8-3-2-7-23(24)28-25(27)26(30)31/h2-3,7-8,16-22H,4-6,9-15H2,1H3/t16-,17-,18+,19-,20+,21-,22-. The van der Waals surface area contributed by atoms with Gasteiger partial charge in [-0.25, -0.2) is 4.98 Å². The first-order valence-corrected chi connectivity index (χ1v) is 12.9. The molecule has 0 radical (unpaired) electrons. The maximum Gasteiger partial charge on any atom is 0.288 e. The van der Waals surface area contributed by atoms with Gasteiger partial charge in [0, 0.05) is 24.2 Å². The normalized spacial score (nSPS) is 38.3. The number of halogens is 1. The average molecular weight is 440 g/mol. The summed E-state index contributed by atoms with van der Waals surface area (Å²) in [4.78, 5) is 20.4. The summed E-state index contributed by atoms with van der Waals surface area (Å²) in [5, 5.41) is 0.112. The second-order valence-corrected chi connectivity index (χ2v) is 11.4. The van der Waals surface area contributed by atoms with Gasteiger partial charge in [-0.1, -0.05) is 37.1 Å². The Morgan fingerprint density at radius 1 is 0.871 bits per heavy atom. The molecule has 7 atom stereocenters. The molecule has 0 spiro atoms. The van der Waals surface area contributed by atoms with E-state index in [2.05, 4.69) is 16.8 Å². The van der Waals surface area contributed by atoms with Gasteiger partial charge >= 0.3 is 0 Å². The van der Waals surface area contributed by atoms with E-state index >= 15 is 0 Å². The Kier molecular flexibility index (Phi) is 5.14. The van der Waals surface area contributed by atoms with Crippen molar-refractivity contribution in [2.45, 2.75) is 95.3 Å². The fraction of sp³-hybridized carbons (Fsp3) is 0.692. The van der Waals surface area contributed by atoms with Crippen LogP contribution in [0.15, 0.2) is 29.1 Å². The predicted octanol–water partition coefficient (Wildman–Crippen LogP) is 5.82. The maximum atomic E-state index is 13.1. The molecule has 2 saturated heterocycles. The lowest BCUT2D eigenvalue weighted by Crippen LogP contribution is -2.58. The Morgan fingerprint density at radius 3 is 2.26 bits per heavy atom. The molecule has 0 unspecified atom stereocenters. The summed E-state index contributed by atoms with van der Waals surface area (Å²) in [6.07, 6.45) is 13.2. The third-order valence-corrected chi connectivity index (χ3v) is 9.14. The monoisotopic (exact) mass is 439 g/mol. The first-order chi connectivity index (χ1) is 15.1. The van der Waals surface area contributed by atoms with Crippen molar-refractivity contribution < 1.29 is 0 Å². The van der Waals surface area contributed by atoms with Crippen LogP contribution >= 0.6 is 11.6 Å². The fourth-order valence-electron chi connectivity index (χ4n) is 8.08. The second kappa shape index (κ2) is 7.88. The number of rotatable bonds is 2. The molecule has 0 N–H and O–H groups in total. The number of nitrogens with zero attached hydrogens (tertiary/aromatic N) is 3. The molecule has 6 rings (SSSR count). The summed E-state index contributed by atoms with van der Waals surface area (Å²) in [7, 11) is 0. The lowest BCUT2D eigenvalue weighted by Gasteiger charge is -2.55. The van der Waals surface area contributed by atoms with Gasteiger partial charge in [0.15, 0.2) is 5.15 Å². The van der Waals surface area contributed by atoms with Gasteiger partial charge in [0.1, 0.15) is 0 Å². The summed E-state index contributed by atoms with van der Waals surface area (Å²) >= 11 is 6.29. The number of hydrogen-bond acceptors (Lipinski definition) is 3. The largest absolute Gasteiger partial charge is 0.301 e. The van der Waals surface area contributed by atoms with Gasteiger partial charge in [-0.2, -0.15) is 0 Å². The quantitative estimate of drug-likeness (QED) is 0.591. The molecule has 4 aliphatic rings. The van der Waals surface area contributed by atoms with Gasteiger partial charge in [-0.05, 0) is 87.7 Å². The summed E-state index contributed by atoms with van der Waals surface area (Å²) < 4.78 is 1.99. The van der Waals surface area contributed by atoms with E-state index in [4.69, 9.17) is 11.6 Å². The van der Waals surface area contributed by atoms with Gasteiger partial charge in [0.25, 0.3) is 5.56 Å². The molecule has 0 amide bonds. The molecule has 1 aromatic heterocycles. The lowest BCUT2D eigenvalue weighted by molar-refractivity contribution is -0.0524. The van der Waals surface area contributed by atoms with Crippen LogP contribution in [-0.4, -0.2) is 32.6 Å². The topological polar surface area (TPSA) is 38.1 Å². The molecule has 3 heterocycles. The number of fused-ring (bicyclic) bond motifs is 5. The van der Waals surface area contributed by atoms with Gasteiger partial charge in [-0.15, -0.1) is 0 Å². The van der Waals surface area contributed by atoms with Crippen LogP contribution in [0.5, 0.6) is 0 Å². The zero-order valence-corrected chi connectivity index (χ0v) is 19.3. The number of para-hydroxylation sites is 2. The highest BCUT2D eigenvalue weighted by molar-refractivity contribution is 6.29. The Bertz CT molecular complexity index is 1000. The SMILES string of the molecule is C[C@@H]1C[C@@H]2C[C@H](C1)C[C@H](N1[C@@H]3CCC[C@H]1C[C@H](n1c(=O)c(Cl)nc4ccccc41)C3)C2. The van der Waals surface area contributed by atoms with Crippen LogP contribution < -0.4 is 5.56 Å². The minimum atomic E-state index is -0.113. The van der Waals surface area contributed by atoms with Gasteiger partial charge in [-0.3, -0.25) is 9.69 Å². The van der Waals surface area contributed by atoms with Crippen molar-refractivity contribution in [2.75, 3.05) is 0 Å². The Labute approximate surface area is 190 Å². The van der Waals surface area contributed by atoms with E-state index in [-0.39, 0.29) is 16.8 Å². The first-order valence-electron chi connectivity index (χ1n) is 12.5. The summed E-state index contributed by atoms with van der Waals surface area (Å²) in [6.45, 7) is 2.46. The van der Waals surface area contributed by atoms with E-state index in [0.29, 0.717) is 12.1 Å². The molecular formula is C26H34ClN3O. The number of hydrogen-bond donors (Lipinski definition) is 0. The third kappa shape index (κ3) is 3.54. The number of benzene rings is 1. The molecule has 4 bridgehead atoms. The maximum absolute atomic E-state index is 13.1. The van der Waals surface area contributed by atoms with E-state index in [1.807, 2.05) is 28.8 Å². The molecule has 2 aliphatic heterocycles. The van der Waals surface area contributed by atoms with E-state index in [1.54, 1.807) is 0 Å². The minimum Gasteiger partial charge on any atom is -0.301 e. The van der Waals surface area contributed by atoms with Crippen molar-refractivity contribution in [2.24, 2.45) is 17.8 Å². The fourth-order valence-corrected chi connectivity index (χ4v) is 8.26. The van der Waals surface area contributed by atoms with Crippen LogP contribution in [0.4, 0.5) is 0 Å². The minimum absolute atomic E-state index is 0.112. The highest BCUT2D eigenvalue weighted by atomic mass is 35.5. The van der Waals surface area contributed by atoms with Crippen LogP contribution in [-0.2, 0) is 0 Å². The van der Waals surface area contributed by atoms with Crippen LogP contribution in [0.3, 0.4) is 0 Å².